The van der Waals surface area contributed by atoms with Crippen LogP contribution in [-0.2, 0) is 11.3 Å². The molecule has 1 rings (SSSR count). The Morgan fingerprint density at radius 3 is 2.62 bits per heavy atom. The summed E-state index contributed by atoms with van der Waals surface area (Å²) in [5.74, 6) is 0.942. The van der Waals surface area contributed by atoms with Crippen LogP contribution in [0.5, 0.6) is 5.75 Å². The SMILES string of the molecule is Cc1cc(COCCN)ccc1OC(C)C. The van der Waals surface area contributed by atoms with Gasteiger partial charge in [0.05, 0.1) is 19.3 Å². The minimum atomic E-state index is 0.207. The van der Waals surface area contributed by atoms with Gasteiger partial charge in [-0.1, -0.05) is 12.1 Å². The maximum Gasteiger partial charge on any atom is 0.122 e. The first-order valence-corrected chi connectivity index (χ1v) is 5.67. The van der Waals surface area contributed by atoms with E-state index in [9.17, 15) is 0 Å². The van der Waals surface area contributed by atoms with Gasteiger partial charge in [-0.3, -0.25) is 0 Å². The number of hydrogen-bond donors (Lipinski definition) is 1. The van der Waals surface area contributed by atoms with Gasteiger partial charge in [0.1, 0.15) is 5.75 Å². The van der Waals surface area contributed by atoms with Crippen molar-refractivity contribution in [2.45, 2.75) is 33.5 Å². The predicted octanol–water partition coefficient (Wildman–Crippen LogP) is 2.26. The Bertz CT molecular complexity index is 324. The third-order valence-electron chi connectivity index (χ3n) is 2.13. The van der Waals surface area contributed by atoms with Crippen LogP contribution in [0.2, 0.25) is 0 Å². The molecule has 0 amide bonds. The van der Waals surface area contributed by atoms with Gasteiger partial charge in [0.25, 0.3) is 0 Å². The molecule has 0 atom stereocenters. The molecule has 16 heavy (non-hydrogen) atoms. The fourth-order valence-electron chi connectivity index (χ4n) is 1.46. The van der Waals surface area contributed by atoms with Gasteiger partial charge in [0, 0.05) is 6.54 Å². The summed E-state index contributed by atoms with van der Waals surface area (Å²) in [4.78, 5) is 0. The predicted molar refractivity (Wildman–Crippen MR) is 65.7 cm³/mol. The topological polar surface area (TPSA) is 44.5 Å². The monoisotopic (exact) mass is 223 g/mol. The summed E-state index contributed by atoms with van der Waals surface area (Å²) in [6, 6.07) is 6.12. The number of ether oxygens (including phenoxy) is 2. The number of benzene rings is 1. The zero-order valence-corrected chi connectivity index (χ0v) is 10.3. The van der Waals surface area contributed by atoms with Crippen LogP contribution < -0.4 is 10.5 Å². The molecule has 0 saturated heterocycles. The highest BCUT2D eigenvalue weighted by Crippen LogP contribution is 2.20. The molecular weight excluding hydrogens is 202 g/mol. The second-order valence-corrected chi connectivity index (χ2v) is 4.11. The van der Waals surface area contributed by atoms with Gasteiger partial charge in [-0.05, 0) is 38.0 Å². The first-order chi connectivity index (χ1) is 7.63. The third-order valence-corrected chi connectivity index (χ3v) is 2.13. The number of aryl methyl sites for hydroxylation is 1. The van der Waals surface area contributed by atoms with E-state index in [1.807, 2.05) is 32.9 Å². The van der Waals surface area contributed by atoms with E-state index in [2.05, 4.69) is 6.07 Å². The van der Waals surface area contributed by atoms with Crippen molar-refractivity contribution in [3.8, 4) is 5.75 Å². The summed E-state index contributed by atoms with van der Waals surface area (Å²) in [7, 11) is 0. The van der Waals surface area contributed by atoms with Crippen LogP contribution in [0.25, 0.3) is 0 Å². The maximum absolute atomic E-state index is 5.66. The average Bonchev–Trinajstić information content (AvgIpc) is 2.22. The Morgan fingerprint density at radius 1 is 1.31 bits per heavy atom. The first-order valence-electron chi connectivity index (χ1n) is 5.67. The van der Waals surface area contributed by atoms with Crippen LogP contribution in [0.1, 0.15) is 25.0 Å². The van der Waals surface area contributed by atoms with Gasteiger partial charge in [-0.2, -0.15) is 0 Å². The van der Waals surface area contributed by atoms with E-state index in [0.29, 0.717) is 19.8 Å². The molecular formula is C13H21NO2. The highest BCUT2D eigenvalue weighted by atomic mass is 16.5. The lowest BCUT2D eigenvalue weighted by Crippen LogP contribution is -2.09. The molecule has 3 nitrogen and oxygen atoms in total. The molecule has 0 aliphatic carbocycles. The van der Waals surface area contributed by atoms with E-state index in [1.165, 1.54) is 0 Å². The van der Waals surface area contributed by atoms with E-state index in [4.69, 9.17) is 15.2 Å². The quantitative estimate of drug-likeness (QED) is 0.752. The van der Waals surface area contributed by atoms with Gasteiger partial charge >= 0.3 is 0 Å². The zero-order valence-electron chi connectivity index (χ0n) is 10.3. The summed E-state index contributed by atoms with van der Waals surface area (Å²) < 4.78 is 11.0. The Labute approximate surface area is 97.6 Å². The molecule has 0 unspecified atom stereocenters. The zero-order chi connectivity index (χ0) is 12.0. The van der Waals surface area contributed by atoms with Crippen molar-refractivity contribution in [3.05, 3.63) is 29.3 Å². The minimum Gasteiger partial charge on any atom is -0.491 e. The molecule has 0 heterocycles. The van der Waals surface area contributed by atoms with Crippen molar-refractivity contribution >= 4 is 0 Å². The van der Waals surface area contributed by atoms with Crippen molar-refractivity contribution in [2.24, 2.45) is 5.73 Å². The summed E-state index contributed by atoms with van der Waals surface area (Å²) in [5, 5.41) is 0. The summed E-state index contributed by atoms with van der Waals surface area (Å²) in [6.45, 7) is 7.87. The van der Waals surface area contributed by atoms with Crippen LogP contribution in [0.4, 0.5) is 0 Å². The number of hydrogen-bond acceptors (Lipinski definition) is 3. The van der Waals surface area contributed by atoms with E-state index < -0.39 is 0 Å². The maximum atomic E-state index is 5.66. The lowest BCUT2D eigenvalue weighted by molar-refractivity contribution is 0.128. The van der Waals surface area contributed by atoms with Crippen molar-refractivity contribution < 1.29 is 9.47 Å². The first kappa shape index (κ1) is 13.0. The minimum absolute atomic E-state index is 0.207. The van der Waals surface area contributed by atoms with Gasteiger partial charge in [0.15, 0.2) is 0 Å². The number of nitrogens with two attached hydrogens (primary N) is 1. The Morgan fingerprint density at radius 2 is 2.06 bits per heavy atom. The molecule has 0 saturated carbocycles. The highest BCUT2D eigenvalue weighted by Gasteiger charge is 2.03. The summed E-state index contributed by atoms with van der Waals surface area (Å²) in [5.41, 5.74) is 7.65. The van der Waals surface area contributed by atoms with Crippen LogP contribution in [-0.4, -0.2) is 19.3 Å². The van der Waals surface area contributed by atoms with Gasteiger partial charge in [0.2, 0.25) is 0 Å². The van der Waals surface area contributed by atoms with E-state index >= 15 is 0 Å². The van der Waals surface area contributed by atoms with E-state index in [1.54, 1.807) is 0 Å². The van der Waals surface area contributed by atoms with Gasteiger partial charge < -0.3 is 15.2 Å². The Balaban J connectivity index is 2.60. The Kier molecular flexibility index (Phi) is 5.29. The van der Waals surface area contributed by atoms with Gasteiger partial charge in [-0.15, -0.1) is 0 Å². The largest absolute Gasteiger partial charge is 0.491 e. The molecule has 0 aliphatic rings. The highest BCUT2D eigenvalue weighted by molar-refractivity contribution is 5.36. The lowest BCUT2D eigenvalue weighted by Gasteiger charge is -2.13. The molecule has 0 aromatic heterocycles. The van der Waals surface area contributed by atoms with Gasteiger partial charge in [-0.25, -0.2) is 0 Å². The van der Waals surface area contributed by atoms with Crippen molar-refractivity contribution in [3.63, 3.8) is 0 Å². The smallest absolute Gasteiger partial charge is 0.122 e. The fourth-order valence-corrected chi connectivity index (χ4v) is 1.46. The van der Waals surface area contributed by atoms with Crippen molar-refractivity contribution in [1.82, 2.24) is 0 Å². The summed E-state index contributed by atoms with van der Waals surface area (Å²) >= 11 is 0. The fraction of sp³-hybridized carbons (Fsp3) is 0.538. The average molecular weight is 223 g/mol. The normalized spacial score (nSPS) is 10.8. The van der Waals surface area contributed by atoms with Crippen LogP contribution in [0.3, 0.4) is 0 Å². The van der Waals surface area contributed by atoms with E-state index in [-0.39, 0.29) is 6.10 Å². The van der Waals surface area contributed by atoms with Crippen LogP contribution in [0, 0.1) is 6.92 Å². The second-order valence-electron chi connectivity index (χ2n) is 4.11. The molecule has 0 aliphatic heterocycles. The molecule has 90 valence electrons. The molecule has 0 fully saturated rings. The van der Waals surface area contributed by atoms with Crippen LogP contribution >= 0.6 is 0 Å². The van der Waals surface area contributed by atoms with E-state index in [0.717, 1.165) is 16.9 Å². The standard InChI is InChI=1S/C13H21NO2/c1-10(2)16-13-5-4-12(8-11(13)3)9-15-7-6-14/h4-5,8,10H,6-7,9,14H2,1-3H3. The molecule has 1 aromatic rings. The Hall–Kier alpha value is -1.06. The lowest BCUT2D eigenvalue weighted by atomic mass is 10.1. The summed E-state index contributed by atoms with van der Waals surface area (Å²) in [6.07, 6.45) is 0.207. The molecule has 3 heteroatoms. The molecule has 0 spiro atoms. The molecule has 2 N–H and O–H groups in total. The molecule has 0 bridgehead atoms. The third kappa shape index (κ3) is 4.21. The number of rotatable bonds is 6. The molecule has 1 aromatic carbocycles. The van der Waals surface area contributed by atoms with Crippen molar-refractivity contribution in [1.29, 1.82) is 0 Å². The van der Waals surface area contributed by atoms with Crippen LogP contribution in [0.15, 0.2) is 18.2 Å². The second kappa shape index (κ2) is 6.51. The molecule has 0 radical (unpaired) electrons. The van der Waals surface area contributed by atoms with Crippen molar-refractivity contribution in [2.75, 3.05) is 13.2 Å².